The largest absolute Gasteiger partial charge is 0.494 e. The van der Waals surface area contributed by atoms with Gasteiger partial charge < -0.3 is 25.8 Å². The Kier molecular flexibility index (Phi) is 9.06. The number of carboxylic acid groups (broad SMARTS) is 1. The van der Waals surface area contributed by atoms with Crippen LogP contribution in [0.3, 0.4) is 0 Å². The van der Waals surface area contributed by atoms with Crippen molar-refractivity contribution in [2.45, 2.75) is 31.2 Å². The monoisotopic (exact) mass is 497 g/mol. The molecule has 0 amide bonds. The van der Waals surface area contributed by atoms with Gasteiger partial charge in [-0.15, -0.1) is 11.8 Å². The molecule has 34 heavy (non-hydrogen) atoms. The predicted molar refractivity (Wildman–Crippen MR) is 140 cm³/mol. The summed E-state index contributed by atoms with van der Waals surface area (Å²) in [4.78, 5) is 21.4. The number of aromatic nitrogens is 2. The molecule has 0 aliphatic rings. The summed E-state index contributed by atoms with van der Waals surface area (Å²) in [6, 6.07) is 16.6. The third-order valence-corrected chi connectivity index (χ3v) is 5.68. The maximum atomic E-state index is 11.4. The first-order chi connectivity index (χ1) is 16.4. The van der Waals surface area contributed by atoms with Crippen LogP contribution < -0.4 is 20.7 Å². The zero-order valence-electron chi connectivity index (χ0n) is 19.2. The number of aliphatic carboxylic acids is 1. The highest BCUT2D eigenvalue weighted by molar-refractivity contribution is 7.98. The maximum Gasteiger partial charge on any atom is 0.305 e. The van der Waals surface area contributed by atoms with Crippen LogP contribution in [0.15, 0.2) is 59.5 Å². The normalized spacial score (nSPS) is 11.4. The highest BCUT2D eigenvalue weighted by Crippen LogP contribution is 2.23. The first-order valence-electron chi connectivity index (χ1n) is 10.6. The van der Waals surface area contributed by atoms with Gasteiger partial charge in [-0.2, -0.15) is 4.98 Å². The standard InChI is InChI=1S/C24H27N5O3S2/c1-4-32-18-9-7-17(8-10-18)26-21-13-15(2)25-23(28-21)29-24(33)27-20(14-22(30)31)16-5-11-19(34-3)12-6-16/h5-13,20H,4,14H2,1-3H3,(H,30,31)(H3,25,26,27,28,29,33)/t20-/m0/s1. The zero-order chi connectivity index (χ0) is 24.5. The van der Waals surface area contributed by atoms with Crippen LogP contribution in [0.4, 0.5) is 17.5 Å². The molecule has 0 unspecified atom stereocenters. The molecule has 0 fully saturated rings. The van der Waals surface area contributed by atoms with Crippen molar-refractivity contribution in [2.24, 2.45) is 0 Å². The van der Waals surface area contributed by atoms with Crippen molar-refractivity contribution in [1.82, 2.24) is 15.3 Å². The topological polar surface area (TPSA) is 108 Å². The number of anilines is 3. The van der Waals surface area contributed by atoms with E-state index < -0.39 is 12.0 Å². The molecule has 0 aliphatic carbocycles. The molecule has 178 valence electrons. The Labute approximate surface area is 208 Å². The van der Waals surface area contributed by atoms with Crippen LogP contribution in [-0.4, -0.2) is 39.0 Å². The number of hydrogen-bond donors (Lipinski definition) is 4. The number of benzene rings is 2. The highest BCUT2D eigenvalue weighted by atomic mass is 32.2. The quantitative estimate of drug-likeness (QED) is 0.222. The minimum Gasteiger partial charge on any atom is -0.494 e. The van der Waals surface area contributed by atoms with E-state index in [0.717, 1.165) is 27.6 Å². The van der Waals surface area contributed by atoms with Crippen molar-refractivity contribution in [2.75, 3.05) is 23.5 Å². The summed E-state index contributed by atoms with van der Waals surface area (Å²) >= 11 is 7.06. The third kappa shape index (κ3) is 7.60. The van der Waals surface area contributed by atoms with Crippen LogP contribution in [0.5, 0.6) is 5.75 Å². The average Bonchev–Trinajstić information content (AvgIpc) is 2.79. The van der Waals surface area contributed by atoms with Crippen molar-refractivity contribution in [3.05, 3.63) is 65.9 Å². The van der Waals surface area contributed by atoms with Gasteiger partial charge in [-0.3, -0.25) is 4.79 Å². The van der Waals surface area contributed by atoms with E-state index in [1.165, 1.54) is 0 Å². The van der Waals surface area contributed by atoms with Crippen molar-refractivity contribution in [1.29, 1.82) is 0 Å². The second-order valence-corrected chi connectivity index (χ2v) is 8.61. The van der Waals surface area contributed by atoms with Gasteiger partial charge in [-0.25, -0.2) is 4.98 Å². The molecule has 2 aromatic carbocycles. The van der Waals surface area contributed by atoms with Gasteiger partial charge in [0.05, 0.1) is 19.1 Å². The number of carboxylic acids is 1. The number of nitrogens with zero attached hydrogens (tertiary/aromatic N) is 2. The van der Waals surface area contributed by atoms with Crippen molar-refractivity contribution in [3.8, 4) is 5.75 Å². The lowest BCUT2D eigenvalue weighted by Crippen LogP contribution is -2.34. The Balaban J connectivity index is 1.69. The van der Waals surface area contributed by atoms with Crippen LogP contribution in [0.2, 0.25) is 0 Å². The summed E-state index contributed by atoms with van der Waals surface area (Å²) < 4.78 is 5.47. The lowest BCUT2D eigenvalue weighted by atomic mass is 10.0. The number of thioether (sulfide) groups is 1. The molecule has 0 spiro atoms. The summed E-state index contributed by atoms with van der Waals surface area (Å²) in [5.41, 5.74) is 2.42. The SMILES string of the molecule is CCOc1ccc(Nc2cc(C)nc(NC(=S)N[C@@H](CC(=O)O)c3ccc(SC)cc3)n2)cc1. The summed E-state index contributed by atoms with van der Waals surface area (Å²) in [5, 5.41) is 18.9. The molecule has 0 aliphatic heterocycles. The fourth-order valence-corrected chi connectivity index (χ4v) is 3.84. The van der Waals surface area contributed by atoms with Gasteiger partial charge >= 0.3 is 5.97 Å². The zero-order valence-corrected chi connectivity index (χ0v) is 20.8. The molecule has 0 bridgehead atoms. The van der Waals surface area contributed by atoms with Gasteiger partial charge in [-0.05, 0) is 74.3 Å². The lowest BCUT2D eigenvalue weighted by Gasteiger charge is -2.20. The van der Waals surface area contributed by atoms with Crippen molar-refractivity contribution < 1.29 is 14.6 Å². The fourth-order valence-electron chi connectivity index (χ4n) is 3.20. The molecule has 3 aromatic rings. The Morgan fingerprint density at radius 3 is 2.47 bits per heavy atom. The predicted octanol–water partition coefficient (Wildman–Crippen LogP) is 5.15. The van der Waals surface area contributed by atoms with E-state index in [4.69, 9.17) is 17.0 Å². The van der Waals surface area contributed by atoms with Gasteiger partial charge in [0.2, 0.25) is 5.95 Å². The molecule has 1 heterocycles. The smallest absolute Gasteiger partial charge is 0.305 e. The molecule has 10 heteroatoms. The summed E-state index contributed by atoms with van der Waals surface area (Å²) in [6.45, 7) is 4.40. The number of aryl methyl sites for hydroxylation is 1. The van der Waals surface area contributed by atoms with Gasteiger partial charge in [0.15, 0.2) is 5.11 Å². The minimum atomic E-state index is -0.928. The molecule has 0 radical (unpaired) electrons. The van der Waals surface area contributed by atoms with Crippen LogP contribution in [0.25, 0.3) is 0 Å². The summed E-state index contributed by atoms with van der Waals surface area (Å²) in [6.07, 6.45) is 1.86. The van der Waals surface area contributed by atoms with Crippen LogP contribution in [-0.2, 0) is 4.79 Å². The second kappa shape index (κ2) is 12.2. The molecule has 8 nitrogen and oxygen atoms in total. The second-order valence-electron chi connectivity index (χ2n) is 7.32. The number of ether oxygens (including phenoxy) is 1. The van der Waals surface area contributed by atoms with E-state index in [1.807, 2.05) is 74.7 Å². The van der Waals surface area contributed by atoms with Gasteiger partial charge in [0.25, 0.3) is 0 Å². The first kappa shape index (κ1) is 25.3. The van der Waals surface area contributed by atoms with E-state index in [-0.39, 0.29) is 11.5 Å². The minimum absolute atomic E-state index is 0.125. The van der Waals surface area contributed by atoms with Gasteiger partial charge in [0, 0.05) is 22.3 Å². The Bertz CT molecular complexity index is 1120. The molecule has 0 saturated heterocycles. The van der Waals surface area contributed by atoms with E-state index >= 15 is 0 Å². The molecule has 0 saturated carbocycles. The Morgan fingerprint density at radius 2 is 1.85 bits per heavy atom. The van der Waals surface area contributed by atoms with E-state index in [9.17, 15) is 9.90 Å². The molecule has 1 aromatic heterocycles. The summed E-state index contributed by atoms with van der Waals surface area (Å²) in [7, 11) is 0. The van der Waals surface area contributed by atoms with Crippen LogP contribution >= 0.6 is 24.0 Å². The maximum absolute atomic E-state index is 11.4. The molecular formula is C24H27N5O3S2. The van der Waals surface area contributed by atoms with Gasteiger partial charge in [-0.1, -0.05) is 12.1 Å². The summed E-state index contributed by atoms with van der Waals surface area (Å²) in [5.74, 6) is 0.766. The first-order valence-corrected chi connectivity index (χ1v) is 12.3. The molecular weight excluding hydrogens is 470 g/mol. The molecule has 4 N–H and O–H groups in total. The number of thiocarbonyl (C=S) groups is 1. The lowest BCUT2D eigenvalue weighted by molar-refractivity contribution is -0.137. The number of carbonyl (C=O) groups is 1. The van der Waals surface area contributed by atoms with Gasteiger partial charge in [0.1, 0.15) is 11.6 Å². The van der Waals surface area contributed by atoms with E-state index in [2.05, 4.69) is 25.9 Å². The number of hydrogen-bond acceptors (Lipinski definition) is 7. The molecule has 3 rings (SSSR count). The van der Waals surface area contributed by atoms with Crippen LogP contribution in [0, 0.1) is 6.92 Å². The average molecular weight is 498 g/mol. The third-order valence-electron chi connectivity index (χ3n) is 4.72. The van der Waals surface area contributed by atoms with Crippen molar-refractivity contribution in [3.63, 3.8) is 0 Å². The fraction of sp³-hybridized carbons (Fsp3) is 0.250. The molecule has 1 atom stereocenters. The van der Waals surface area contributed by atoms with Crippen LogP contribution in [0.1, 0.15) is 30.6 Å². The highest BCUT2D eigenvalue weighted by Gasteiger charge is 2.17. The van der Waals surface area contributed by atoms with Crippen molar-refractivity contribution >= 4 is 52.5 Å². The Hall–Kier alpha value is -3.37. The van der Waals surface area contributed by atoms with E-state index in [1.54, 1.807) is 11.8 Å². The number of rotatable bonds is 10. The Morgan fingerprint density at radius 1 is 1.15 bits per heavy atom. The van der Waals surface area contributed by atoms with E-state index in [0.29, 0.717) is 18.4 Å². The number of nitrogens with one attached hydrogen (secondary N) is 3.